The maximum Gasteiger partial charge on any atom is 0.230 e. The third kappa shape index (κ3) is 5.77. The standard InChI is InChI=1S/C15H18N2O2S2/c1-11-4-3-5-13(8-11)19-7-6-16-14(18)10-21-15-17-12(2)9-20-15/h3-5,8-9H,6-7,10H2,1-2H3,(H,16,18). The lowest BCUT2D eigenvalue weighted by molar-refractivity contribution is -0.118. The van der Waals surface area contributed by atoms with E-state index < -0.39 is 0 Å². The molecule has 0 aliphatic rings. The molecule has 0 bridgehead atoms. The molecule has 0 fully saturated rings. The van der Waals surface area contributed by atoms with Gasteiger partial charge in [-0.2, -0.15) is 0 Å². The van der Waals surface area contributed by atoms with Gasteiger partial charge in [0.2, 0.25) is 5.91 Å². The van der Waals surface area contributed by atoms with Crippen molar-refractivity contribution >= 4 is 29.0 Å². The number of amides is 1. The third-order valence-corrected chi connectivity index (χ3v) is 4.75. The molecule has 1 heterocycles. The summed E-state index contributed by atoms with van der Waals surface area (Å²) in [6, 6.07) is 7.86. The van der Waals surface area contributed by atoms with Crippen molar-refractivity contribution in [2.75, 3.05) is 18.9 Å². The zero-order valence-electron chi connectivity index (χ0n) is 12.1. The topological polar surface area (TPSA) is 51.2 Å². The van der Waals surface area contributed by atoms with Gasteiger partial charge in [-0.3, -0.25) is 4.79 Å². The van der Waals surface area contributed by atoms with Crippen molar-refractivity contribution in [3.63, 3.8) is 0 Å². The monoisotopic (exact) mass is 322 g/mol. The fourth-order valence-corrected chi connectivity index (χ4v) is 3.32. The minimum Gasteiger partial charge on any atom is -0.492 e. The van der Waals surface area contributed by atoms with Gasteiger partial charge in [-0.1, -0.05) is 23.9 Å². The summed E-state index contributed by atoms with van der Waals surface area (Å²) in [4.78, 5) is 16.0. The Balaban J connectivity index is 1.61. The molecule has 0 radical (unpaired) electrons. The number of nitrogens with one attached hydrogen (secondary N) is 1. The summed E-state index contributed by atoms with van der Waals surface area (Å²) < 4.78 is 6.50. The highest BCUT2D eigenvalue weighted by Gasteiger charge is 2.05. The molecule has 0 atom stereocenters. The Hall–Kier alpha value is -1.53. The van der Waals surface area contributed by atoms with Crippen LogP contribution in [0.4, 0.5) is 0 Å². The van der Waals surface area contributed by atoms with E-state index in [0.717, 1.165) is 21.3 Å². The Labute approximate surface area is 132 Å². The molecule has 2 rings (SSSR count). The lowest BCUT2D eigenvalue weighted by Crippen LogP contribution is -2.29. The number of ether oxygens (including phenoxy) is 1. The Morgan fingerprint density at radius 2 is 2.29 bits per heavy atom. The number of aromatic nitrogens is 1. The second-order valence-corrected chi connectivity index (χ2v) is 6.64. The van der Waals surface area contributed by atoms with Gasteiger partial charge in [-0.05, 0) is 31.5 Å². The van der Waals surface area contributed by atoms with Gasteiger partial charge in [0.15, 0.2) is 4.34 Å². The lowest BCUT2D eigenvalue weighted by atomic mass is 10.2. The number of hydrogen-bond donors (Lipinski definition) is 1. The van der Waals surface area contributed by atoms with Crippen molar-refractivity contribution in [1.29, 1.82) is 0 Å². The molecule has 0 spiro atoms. The molecule has 4 nitrogen and oxygen atoms in total. The van der Waals surface area contributed by atoms with E-state index in [1.165, 1.54) is 11.8 Å². The Morgan fingerprint density at radius 3 is 3.00 bits per heavy atom. The van der Waals surface area contributed by atoms with Crippen molar-refractivity contribution in [2.24, 2.45) is 0 Å². The van der Waals surface area contributed by atoms with E-state index in [2.05, 4.69) is 10.3 Å². The molecule has 0 aliphatic carbocycles. The molecule has 0 aliphatic heterocycles. The van der Waals surface area contributed by atoms with Crippen LogP contribution < -0.4 is 10.1 Å². The number of benzene rings is 1. The highest BCUT2D eigenvalue weighted by molar-refractivity contribution is 8.01. The highest BCUT2D eigenvalue weighted by atomic mass is 32.2. The molecule has 21 heavy (non-hydrogen) atoms. The Morgan fingerprint density at radius 1 is 1.43 bits per heavy atom. The zero-order chi connectivity index (χ0) is 15.1. The summed E-state index contributed by atoms with van der Waals surface area (Å²) in [6.07, 6.45) is 0. The smallest absolute Gasteiger partial charge is 0.230 e. The van der Waals surface area contributed by atoms with Crippen molar-refractivity contribution in [3.8, 4) is 5.75 Å². The molecule has 0 unspecified atom stereocenters. The fourth-order valence-electron chi connectivity index (χ4n) is 1.64. The molecule has 1 amide bonds. The number of rotatable bonds is 7. The van der Waals surface area contributed by atoms with Crippen molar-refractivity contribution in [3.05, 3.63) is 40.9 Å². The number of thioether (sulfide) groups is 1. The van der Waals surface area contributed by atoms with Crippen LogP contribution in [0.1, 0.15) is 11.3 Å². The van der Waals surface area contributed by atoms with Crippen molar-refractivity contribution < 1.29 is 9.53 Å². The van der Waals surface area contributed by atoms with Crippen molar-refractivity contribution in [1.82, 2.24) is 10.3 Å². The Kier molecular flexibility index (Phi) is 6.07. The molecule has 0 saturated heterocycles. The first kappa shape index (κ1) is 15.9. The summed E-state index contributed by atoms with van der Waals surface area (Å²) >= 11 is 3.03. The third-order valence-electron chi connectivity index (χ3n) is 2.61. The number of carbonyl (C=O) groups is 1. The first-order valence-electron chi connectivity index (χ1n) is 6.64. The molecule has 1 N–H and O–H groups in total. The van der Waals surface area contributed by atoms with E-state index in [9.17, 15) is 4.79 Å². The van der Waals surface area contributed by atoms with Crippen LogP contribution in [0, 0.1) is 13.8 Å². The van der Waals surface area contributed by atoms with Gasteiger partial charge in [0, 0.05) is 11.1 Å². The number of thiazole rings is 1. The van der Waals surface area contributed by atoms with Crippen LogP contribution in [-0.4, -0.2) is 29.8 Å². The SMILES string of the molecule is Cc1cccc(OCCNC(=O)CSc2nc(C)cs2)c1. The molecule has 2 aromatic rings. The number of aryl methyl sites for hydroxylation is 2. The summed E-state index contributed by atoms with van der Waals surface area (Å²) in [6.45, 7) is 4.94. The van der Waals surface area contributed by atoms with Crippen molar-refractivity contribution in [2.45, 2.75) is 18.2 Å². The summed E-state index contributed by atoms with van der Waals surface area (Å²) in [5.74, 6) is 1.22. The fraction of sp³-hybridized carbons (Fsp3) is 0.333. The molecule has 1 aromatic heterocycles. The molecule has 112 valence electrons. The zero-order valence-corrected chi connectivity index (χ0v) is 13.7. The van der Waals surface area contributed by atoms with Gasteiger partial charge < -0.3 is 10.1 Å². The van der Waals surface area contributed by atoms with Crippen LogP contribution in [0.15, 0.2) is 34.0 Å². The molecular formula is C15H18N2O2S2. The summed E-state index contributed by atoms with van der Waals surface area (Å²) in [5.41, 5.74) is 2.15. The average molecular weight is 322 g/mol. The van der Waals surface area contributed by atoms with E-state index >= 15 is 0 Å². The maximum absolute atomic E-state index is 11.7. The molecular weight excluding hydrogens is 304 g/mol. The van der Waals surface area contributed by atoms with E-state index in [-0.39, 0.29) is 5.91 Å². The normalized spacial score (nSPS) is 10.4. The number of carbonyl (C=O) groups excluding carboxylic acids is 1. The van der Waals surface area contributed by atoms with Crippen LogP contribution >= 0.6 is 23.1 Å². The molecule has 6 heteroatoms. The highest BCUT2D eigenvalue weighted by Crippen LogP contribution is 2.21. The minimum atomic E-state index is 0.000644. The Bertz CT molecular complexity index is 599. The largest absolute Gasteiger partial charge is 0.492 e. The van der Waals surface area contributed by atoms with Gasteiger partial charge >= 0.3 is 0 Å². The van der Waals surface area contributed by atoms with Crippen LogP contribution in [0.25, 0.3) is 0 Å². The van der Waals surface area contributed by atoms with Crippen LogP contribution in [0.5, 0.6) is 5.75 Å². The average Bonchev–Trinajstić information content (AvgIpc) is 2.87. The van der Waals surface area contributed by atoms with Gasteiger partial charge in [0.05, 0.1) is 12.3 Å². The number of nitrogens with zero attached hydrogens (tertiary/aromatic N) is 1. The van der Waals surface area contributed by atoms with Gasteiger partial charge in [0.1, 0.15) is 12.4 Å². The summed E-state index contributed by atoms with van der Waals surface area (Å²) in [5, 5.41) is 4.82. The first-order valence-corrected chi connectivity index (χ1v) is 8.51. The van der Waals surface area contributed by atoms with Crippen LogP contribution in [-0.2, 0) is 4.79 Å². The van der Waals surface area contributed by atoms with Gasteiger partial charge in [-0.15, -0.1) is 11.3 Å². The lowest BCUT2D eigenvalue weighted by Gasteiger charge is -2.07. The summed E-state index contributed by atoms with van der Waals surface area (Å²) in [7, 11) is 0. The van der Waals surface area contributed by atoms with Crippen LogP contribution in [0.3, 0.4) is 0 Å². The maximum atomic E-state index is 11.7. The predicted molar refractivity (Wildman–Crippen MR) is 87.3 cm³/mol. The van der Waals surface area contributed by atoms with Crippen LogP contribution in [0.2, 0.25) is 0 Å². The second kappa shape index (κ2) is 8.05. The predicted octanol–water partition coefficient (Wildman–Crippen LogP) is 3.05. The number of hydrogen-bond acceptors (Lipinski definition) is 5. The van der Waals surface area contributed by atoms with E-state index in [1.54, 1.807) is 11.3 Å². The van der Waals surface area contributed by atoms with E-state index in [4.69, 9.17) is 4.74 Å². The quantitative estimate of drug-likeness (QED) is 0.629. The van der Waals surface area contributed by atoms with Gasteiger partial charge in [-0.25, -0.2) is 4.98 Å². The van der Waals surface area contributed by atoms with Gasteiger partial charge in [0.25, 0.3) is 0 Å². The second-order valence-electron chi connectivity index (χ2n) is 4.56. The van der Waals surface area contributed by atoms with E-state index in [0.29, 0.717) is 18.9 Å². The molecule has 0 saturated carbocycles. The van der Waals surface area contributed by atoms with E-state index in [1.807, 2.05) is 43.5 Å². The first-order chi connectivity index (χ1) is 10.1. The molecule has 1 aromatic carbocycles. The minimum absolute atomic E-state index is 0.000644.